The lowest BCUT2D eigenvalue weighted by atomic mass is 9.91. The van der Waals surface area contributed by atoms with E-state index in [9.17, 15) is 0 Å². The first-order valence-electron chi connectivity index (χ1n) is 6.09. The Morgan fingerprint density at radius 3 is 3.18 bits per heavy atom. The van der Waals surface area contributed by atoms with Crippen molar-refractivity contribution in [1.29, 1.82) is 0 Å². The molecule has 0 saturated heterocycles. The minimum atomic E-state index is 0.436. The van der Waals surface area contributed by atoms with Crippen molar-refractivity contribution in [3.63, 3.8) is 0 Å². The van der Waals surface area contributed by atoms with Crippen LogP contribution in [0.4, 0.5) is 0 Å². The van der Waals surface area contributed by atoms with Gasteiger partial charge in [0.05, 0.1) is 20.2 Å². The molecule has 0 amide bonds. The number of hydrogen-bond donors (Lipinski definition) is 2. The zero-order valence-corrected chi connectivity index (χ0v) is 10.1. The van der Waals surface area contributed by atoms with Crippen molar-refractivity contribution in [2.45, 2.75) is 18.9 Å². The van der Waals surface area contributed by atoms with E-state index in [-0.39, 0.29) is 0 Å². The fraction of sp³-hybridized carbons (Fsp3) is 0.462. The quantitative estimate of drug-likeness (QED) is 0.698. The van der Waals surface area contributed by atoms with Gasteiger partial charge in [0, 0.05) is 12.8 Å². The van der Waals surface area contributed by atoms with Crippen LogP contribution in [0.5, 0.6) is 5.75 Å². The lowest BCUT2D eigenvalue weighted by Gasteiger charge is -2.31. The molecule has 2 heterocycles. The molecule has 0 spiro atoms. The van der Waals surface area contributed by atoms with E-state index in [1.54, 1.807) is 7.11 Å². The first-order chi connectivity index (χ1) is 8.29. The molecule has 4 heteroatoms. The molecular formula is C13H18N3O+. The minimum absolute atomic E-state index is 0.436. The molecule has 2 aliphatic rings. The van der Waals surface area contributed by atoms with Crippen molar-refractivity contribution in [1.82, 2.24) is 5.32 Å². The number of fused-ring (bicyclic) bond motifs is 3. The molecule has 1 unspecified atom stereocenters. The fourth-order valence-electron chi connectivity index (χ4n) is 2.85. The van der Waals surface area contributed by atoms with E-state index in [1.165, 1.54) is 11.1 Å². The van der Waals surface area contributed by atoms with E-state index in [0.29, 0.717) is 6.04 Å². The van der Waals surface area contributed by atoms with Crippen molar-refractivity contribution in [2.75, 3.05) is 20.2 Å². The van der Waals surface area contributed by atoms with Crippen molar-refractivity contribution in [3.8, 4) is 5.75 Å². The number of benzene rings is 1. The first-order valence-corrected chi connectivity index (χ1v) is 6.09. The second-order valence-electron chi connectivity index (χ2n) is 4.62. The third kappa shape index (κ3) is 1.64. The van der Waals surface area contributed by atoms with Crippen LogP contribution in [0.15, 0.2) is 18.2 Å². The van der Waals surface area contributed by atoms with Gasteiger partial charge in [0.15, 0.2) is 0 Å². The summed E-state index contributed by atoms with van der Waals surface area (Å²) in [5, 5.41) is 3.23. The highest BCUT2D eigenvalue weighted by molar-refractivity contribution is 5.73. The number of nitrogens with zero attached hydrogens (tertiary/aromatic N) is 1. The van der Waals surface area contributed by atoms with Gasteiger partial charge in [-0.3, -0.25) is 15.6 Å². The zero-order valence-electron chi connectivity index (χ0n) is 10.1. The predicted octanol–water partition coefficient (Wildman–Crippen LogP) is 0.613. The maximum absolute atomic E-state index is 6.01. The molecule has 3 rings (SSSR count). The molecule has 0 aromatic heterocycles. The zero-order chi connectivity index (χ0) is 11.8. The molecule has 90 valence electrons. The summed E-state index contributed by atoms with van der Waals surface area (Å²) in [5.41, 5.74) is 8.82. The summed E-state index contributed by atoms with van der Waals surface area (Å²) in [4.78, 5) is 0. The highest BCUT2D eigenvalue weighted by atomic mass is 16.5. The molecule has 0 bridgehead atoms. The Labute approximate surface area is 101 Å². The van der Waals surface area contributed by atoms with Crippen LogP contribution in [0.2, 0.25) is 0 Å². The molecule has 4 nitrogen and oxygen atoms in total. The van der Waals surface area contributed by atoms with E-state index in [4.69, 9.17) is 10.5 Å². The Bertz CT molecular complexity index is 482. The maximum Gasteiger partial charge on any atom is 0.343 e. The number of nitrogens with two attached hydrogens (primary N) is 1. The Morgan fingerprint density at radius 1 is 1.47 bits per heavy atom. The van der Waals surface area contributed by atoms with Crippen LogP contribution < -0.4 is 15.8 Å². The van der Waals surface area contributed by atoms with Crippen LogP contribution in [0.1, 0.15) is 23.6 Å². The standard InChI is InChI=1S/C13H17N3O/c1-17-10-2-3-11-9(8-10)5-7-16-12(11)4-6-15-13(16)14/h2-3,8,12H,4-7H2,1H3,(H2,14,15)/p+1. The average Bonchev–Trinajstić information content (AvgIpc) is 2.38. The molecule has 0 radical (unpaired) electrons. The SMILES string of the molecule is COc1ccc2c(c1)CC[N+]1=C(N)NCCC21. The van der Waals surface area contributed by atoms with Crippen molar-refractivity contribution < 1.29 is 9.31 Å². The number of ether oxygens (including phenoxy) is 1. The highest BCUT2D eigenvalue weighted by Crippen LogP contribution is 2.32. The van der Waals surface area contributed by atoms with Gasteiger partial charge < -0.3 is 4.74 Å². The molecule has 1 aromatic carbocycles. The van der Waals surface area contributed by atoms with E-state index in [1.807, 2.05) is 6.07 Å². The van der Waals surface area contributed by atoms with Gasteiger partial charge in [0.2, 0.25) is 0 Å². The maximum atomic E-state index is 6.01. The van der Waals surface area contributed by atoms with Crippen molar-refractivity contribution >= 4 is 5.96 Å². The van der Waals surface area contributed by atoms with Gasteiger partial charge in [0.1, 0.15) is 11.8 Å². The normalized spacial score (nSPS) is 22.5. The molecule has 0 saturated carbocycles. The summed E-state index contributed by atoms with van der Waals surface area (Å²) in [6.45, 7) is 1.95. The van der Waals surface area contributed by atoms with Crippen LogP contribution in [0, 0.1) is 0 Å². The Kier molecular flexibility index (Phi) is 2.42. The van der Waals surface area contributed by atoms with E-state index < -0.39 is 0 Å². The molecular weight excluding hydrogens is 214 g/mol. The lowest BCUT2D eigenvalue weighted by molar-refractivity contribution is -0.583. The second kappa shape index (κ2) is 3.95. The van der Waals surface area contributed by atoms with E-state index in [2.05, 4.69) is 22.0 Å². The topological polar surface area (TPSA) is 50.3 Å². The fourth-order valence-corrected chi connectivity index (χ4v) is 2.85. The van der Waals surface area contributed by atoms with Gasteiger partial charge in [0.25, 0.3) is 0 Å². The van der Waals surface area contributed by atoms with Crippen LogP contribution in [0.25, 0.3) is 0 Å². The summed E-state index contributed by atoms with van der Waals surface area (Å²) in [6, 6.07) is 6.82. The van der Waals surface area contributed by atoms with Crippen molar-refractivity contribution in [2.24, 2.45) is 5.73 Å². The van der Waals surface area contributed by atoms with Crippen LogP contribution >= 0.6 is 0 Å². The van der Waals surface area contributed by atoms with Gasteiger partial charge in [-0.15, -0.1) is 0 Å². The van der Waals surface area contributed by atoms with Gasteiger partial charge in [-0.2, -0.15) is 0 Å². The smallest absolute Gasteiger partial charge is 0.343 e. The third-order valence-electron chi connectivity index (χ3n) is 3.74. The van der Waals surface area contributed by atoms with Crippen LogP contribution in [0.3, 0.4) is 0 Å². The number of guanidine groups is 1. The van der Waals surface area contributed by atoms with E-state index in [0.717, 1.165) is 37.6 Å². The minimum Gasteiger partial charge on any atom is -0.497 e. The second-order valence-corrected chi connectivity index (χ2v) is 4.62. The molecule has 3 N–H and O–H groups in total. The number of hydrogen-bond acceptors (Lipinski definition) is 3. The highest BCUT2D eigenvalue weighted by Gasteiger charge is 2.31. The Balaban J connectivity index is 2.05. The molecule has 2 aliphatic heterocycles. The Morgan fingerprint density at radius 2 is 2.35 bits per heavy atom. The summed E-state index contributed by atoms with van der Waals surface area (Å²) in [7, 11) is 1.72. The number of rotatable bonds is 1. The predicted molar refractivity (Wildman–Crippen MR) is 66.4 cm³/mol. The van der Waals surface area contributed by atoms with Gasteiger partial charge in [-0.05, 0) is 23.3 Å². The molecule has 1 aromatic rings. The van der Waals surface area contributed by atoms with Gasteiger partial charge >= 0.3 is 5.96 Å². The number of methoxy groups -OCH3 is 1. The average molecular weight is 232 g/mol. The summed E-state index contributed by atoms with van der Waals surface area (Å²) in [5.74, 6) is 1.77. The molecule has 0 aliphatic carbocycles. The Hall–Kier alpha value is -1.71. The summed E-state index contributed by atoms with van der Waals surface area (Å²) < 4.78 is 7.56. The first kappa shape index (κ1) is 10.4. The molecule has 1 atom stereocenters. The van der Waals surface area contributed by atoms with Gasteiger partial charge in [-0.25, -0.2) is 0 Å². The monoisotopic (exact) mass is 232 g/mol. The molecule has 0 fully saturated rings. The largest absolute Gasteiger partial charge is 0.497 e. The van der Waals surface area contributed by atoms with Crippen LogP contribution in [-0.2, 0) is 6.42 Å². The summed E-state index contributed by atoms with van der Waals surface area (Å²) in [6.07, 6.45) is 2.14. The van der Waals surface area contributed by atoms with E-state index >= 15 is 0 Å². The summed E-state index contributed by atoms with van der Waals surface area (Å²) >= 11 is 0. The van der Waals surface area contributed by atoms with Crippen LogP contribution in [-0.4, -0.2) is 30.7 Å². The van der Waals surface area contributed by atoms with Crippen molar-refractivity contribution in [3.05, 3.63) is 29.3 Å². The number of nitrogens with one attached hydrogen (secondary N) is 1. The van der Waals surface area contributed by atoms with Gasteiger partial charge in [-0.1, -0.05) is 6.07 Å². The lowest BCUT2D eigenvalue weighted by Crippen LogP contribution is -2.49. The molecule has 17 heavy (non-hydrogen) atoms. The third-order valence-corrected chi connectivity index (χ3v) is 3.74.